The highest BCUT2D eigenvalue weighted by Gasteiger charge is 2.19. The fraction of sp³-hybridized carbons (Fsp3) is 0.412. The minimum Gasteiger partial charge on any atom is -0.493 e. The van der Waals surface area contributed by atoms with Crippen molar-refractivity contribution in [3.63, 3.8) is 0 Å². The number of piperazine rings is 1. The second-order valence-corrected chi connectivity index (χ2v) is 5.85. The Morgan fingerprint density at radius 2 is 1.86 bits per heavy atom. The zero-order valence-electron chi connectivity index (χ0n) is 12.6. The largest absolute Gasteiger partial charge is 0.493 e. The zero-order chi connectivity index (χ0) is 14.8. The number of aromatic nitrogens is 2. The van der Waals surface area contributed by atoms with E-state index in [1.54, 1.807) is 12.4 Å². The summed E-state index contributed by atoms with van der Waals surface area (Å²) in [4.78, 5) is 13.4. The summed E-state index contributed by atoms with van der Waals surface area (Å²) in [7, 11) is 0. The average Bonchev–Trinajstić information content (AvgIpc) is 3.04. The third kappa shape index (κ3) is 2.76. The first-order chi connectivity index (χ1) is 10.9. The van der Waals surface area contributed by atoms with Crippen LogP contribution in [-0.2, 0) is 13.0 Å². The predicted octanol–water partition coefficient (Wildman–Crippen LogP) is 1.73. The van der Waals surface area contributed by atoms with Gasteiger partial charge in [-0.15, -0.1) is 0 Å². The van der Waals surface area contributed by atoms with Gasteiger partial charge in [0.25, 0.3) is 0 Å². The molecule has 0 bridgehead atoms. The van der Waals surface area contributed by atoms with Crippen LogP contribution < -0.4 is 9.64 Å². The molecule has 2 aliphatic heterocycles. The predicted molar refractivity (Wildman–Crippen MR) is 85.2 cm³/mol. The van der Waals surface area contributed by atoms with Crippen molar-refractivity contribution in [2.75, 3.05) is 37.7 Å². The first-order valence-electron chi connectivity index (χ1n) is 7.87. The van der Waals surface area contributed by atoms with Crippen molar-refractivity contribution < 1.29 is 4.74 Å². The number of ether oxygens (including phenoxy) is 1. The molecule has 0 radical (unpaired) electrons. The molecule has 0 atom stereocenters. The Labute approximate surface area is 130 Å². The van der Waals surface area contributed by atoms with Gasteiger partial charge in [-0.25, -0.2) is 9.97 Å². The van der Waals surface area contributed by atoms with E-state index in [9.17, 15) is 0 Å². The number of anilines is 1. The maximum absolute atomic E-state index is 5.57. The monoisotopic (exact) mass is 296 g/mol. The van der Waals surface area contributed by atoms with Crippen LogP contribution in [-0.4, -0.2) is 47.7 Å². The van der Waals surface area contributed by atoms with Crippen LogP contribution >= 0.6 is 0 Å². The molecule has 0 amide bonds. The smallest absolute Gasteiger partial charge is 0.225 e. The van der Waals surface area contributed by atoms with Crippen LogP contribution in [0, 0.1) is 0 Å². The molecular weight excluding hydrogens is 276 g/mol. The van der Waals surface area contributed by atoms with E-state index in [0.717, 1.165) is 57.4 Å². The van der Waals surface area contributed by atoms with E-state index in [1.165, 1.54) is 11.1 Å². The Kier molecular flexibility index (Phi) is 3.64. The molecule has 0 unspecified atom stereocenters. The summed E-state index contributed by atoms with van der Waals surface area (Å²) in [6.45, 7) is 5.90. The lowest BCUT2D eigenvalue weighted by atomic mass is 10.1. The molecule has 2 aromatic rings. The van der Waals surface area contributed by atoms with Crippen LogP contribution in [0.5, 0.6) is 5.75 Å². The van der Waals surface area contributed by atoms with E-state index in [0.29, 0.717) is 0 Å². The second-order valence-electron chi connectivity index (χ2n) is 5.85. The van der Waals surface area contributed by atoms with Crippen LogP contribution in [0.25, 0.3) is 0 Å². The molecule has 1 aromatic heterocycles. The number of hydrogen-bond donors (Lipinski definition) is 0. The van der Waals surface area contributed by atoms with Gasteiger partial charge in [-0.1, -0.05) is 12.1 Å². The Morgan fingerprint density at radius 1 is 1.05 bits per heavy atom. The van der Waals surface area contributed by atoms with Crippen molar-refractivity contribution >= 4 is 5.95 Å². The van der Waals surface area contributed by atoms with Crippen LogP contribution in [0.3, 0.4) is 0 Å². The molecule has 1 aromatic carbocycles. The lowest BCUT2D eigenvalue weighted by Gasteiger charge is -2.34. The van der Waals surface area contributed by atoms with Crippen molar-refractivity contribution in [2.45, 2.75) is 13.0 Å². The summed E-state index contributed by atoms with van der Waals surface area (Å²) in [5.74, 6) is 1.91. The minimum atomic E-state index is 0.828. The minimum absolute atomic E-state index is 0.828. The zero-order valence-corrected chi connectivity index (χ0v) is 12.6. The molecule has 5 heteroatoms. The number of rotatable bonds is 3. The van der Waals surface area contributed by atoms with Crippen LogP contribution in [0.1, 0.15) is 11.1 Å². The summed E-state index contributed by atoms with van der Waals surface area (Å²) in [6, 6.07) is 8.47. The van der Waals surface area contributed by atoms with E-state index < -0.39 is 0 Å². The van der Waals surface area contributed by atoms with Gasteiger partial charge in [0, 0.05) is 51.5 Å². The van der Waals surface area contributed by atoms with Crippen LogP contribution in [0.2, 0.25) is 0 Å². The Bertz CT molecular complexity index is 638. The number of hydrogen-bond acceptors (Lipinski definition) is 5. The van der Waals surface area contributed by atoms with E-state index >= 15 is 0 Å². The van der Waals surface area contributed by atoms with Gasteiger partial charge in [-0.2, -0.15) is 0 Å². The van der Waals surface area contributed by atoms with Gasteiger partial charge in [0.05, 0.1) is 6.61 Å². The maximum Gasteiger partial charge on any atom is 0.225 e. The van der Waals surface area contributed by atoms with Crippen molar-refractivity contribution in [2.24, 2.45) is 0 Å². The summed E-state index contributed by atoms with van der Waals surface area (Å²) in [6.07, 6.45) is 4.66. The Morgan fingerprint density at radius 3 is 2.68 bits per heavy atom. The molecular formula is C17H20N4O. The summed E-state index contributed by atoms with van der Waals surface area (Å²) in [5.41, 5.74) is 2.74. The van der Waals surface area contributed by atoms with Crippen molar-refractivity contribution in [3.8, 4) is 5.75 Å². The van der Waals surface area contributed by atoms with Crippen molar-refractivity contribution in [1.29, 1.82) is 0 Å². The third-order valence-corrected chi connectivity index (χ3v) is 4.37. The molecule has 114 valence electrons. The van der Waals surface area contributed by atoms with Gasteiger partial charge < -0.3 is 9.64 Å². The SMILES string of the molecule is c1cnc(N2CCN(Cc3ccc4c(c3)CCO4)CC2)nc1. The molecule has 1 saturated heterocycles. The molecule has 22 heavy (non-hydrogen) atoms. The van der Waals surface area contributed by atoms with Crippen molar-refractivity contribution in [3.05, 3.63) is 47.8 Å². The van der Waals surface area contributed by atoms with Gasteiger partial charge in [-0.05, 0) is 23.3 Å². The average molecular weight is 296 g/mol. The quantitative estimate of drug-likeness (QED) is 0.863. The fourth-order valence-electron chi connectivity index (χ4n) is 3.16. The molecule has 0 saturated carbocycles. The Balaban J connectivity index is 1.36. The van der Waals surface area contributed by atoms with E-state index in [2.05, 4.69) is 38.0 Å². The highest BCUT2D eigenvalue weighted by atomic mass is 16.5. The third-order valence-electron chi connectivity index (χ3n) is 4.37. The molecule has 1 fully saturated rings. The first-order valence-corrected chi connectivity index (χ1v) is 7.87. The molecule has 5 nitrogen and oxygen atoms in total. The number of benzene rings is 1. The van der Waals surface area contributed by atoms with Crippen LogP contribution in [0.15, 0.2) is 36.7 Å². The summed E-state index contributed by atoms with van der Waals surface area (Å²) < 4.78 is 5.57. The van der Waals surface area contributed by atoms with Crippen LogP contribution in [0.4, 0.5) is 5.95 Å². The standard InChI is InChI=1S/C17H20N4O/c1-5-18-17(19-6-1)21-9-7-20(8-10-21)13-14-2-3-16-15(12-14)4-11-22-16/h1-3,5-6,12H,4,7-11,13H2. The topological polar surface area (TPSA) is 41.5 Å². The number of fused-ring (bicyclic) bond motifs is 1. The highest BCUT2D eigenvalue weighted by molar-refractivity contribution is 5.39. The molecule has 0 N–H and O–H groups in total. The highest BCUT2D eigenvalue weighted by Crippen LogP contribution is 2.26. The number of nitrogens with zero attached hydrogens (tertiary/aromatic N) is 4. The van der Waals surface area contributed by atoms with Gasteiger partial charge in [-0.3, -0.25) is 4.90 Å². The molecule has 2 aliphatic rings. The lowest BCUT2D eigenvalue weighted by molar-refractivity contribution is 0.248. The van der Waals surface area contributed by atoms with Gasteiger partial charge in [0.15, 0.2) is 0 Å². The first kappa shape index (κ1) is 13.5. The normalized spacial score (nSPS) is 18.1. The molecule has 3 heterocycles. The van der Waals surface area contributed by atoms with Crippen molar-refractivity contribution in [1.82, 2.24) is 14.9 Å². The fourth-order valence-corrected chi connectivity index (χ4v) is 3.16. The maximum atomic E-state index is 5.57. The molecule has 4 rings (SSSR count). The van der Waals surface area contributed by atoms with E-state index in [-0.39, 0.29) is 0 Å². The van der Waals surface area contributed by atoms with Gasteiger partial charge in [0.1, 0.15) is 5.75 Å². The second kappa shape index (κ2) is 5.93. The molecule has 0 spiro atoms. The van der Waals surface area contributed by atoms with Gasteiger partial charge >= 0.3 is 0 Å². The summed E-state index contributed by atoms with van der Waals surface area (Å²) >= 11 is 0. The molecule has 0 aliphatic carbocycles. The summed E-state index contributed by atoms with van der Waals surface area (Å²) in [5, 5.41) is 0. The van der Waals surface area contributed by atoms with E-state index in [4.69, 9.17) is 4.74 Å². The Hall–Kier alpha value is -2.14. The van der Waals surface area contributed by atoms with E-state index in [1.807, 2.05) is 6.07 Å². The van der Waals surface area contributed by atoms with Gasteiger partial charge in [0.2, 0.25) is 5.95 Å². The lowest BCUT2D eigenvalue weighted by Crippen LogP contribution is -2.46.